The van der Waals surface area contributed by atoms with Crippen LogP contribution in [0.1, 0.15) is 40.3 Å². The standard InChI is InChI=1S/C31H30N2O4/c1-22(32-18-8-11-23-9-4-2-5-10-23)27(24-14-16-28-30(19-24)36-21-35-28)20-26-15-17-29(37-26)31(34)33-25-12-6-3-7-13-25/h2-17,19,22,27,32H,18,20-21H2,1H3,(H,33,34)/b11-8+/t22-,27+/m1/s1. The Morgan fingerprint density at radius 1 is 0.919 bits per heavy atom. The van der Waals surface area contributed by atoms with Crippen molar-refractivity contribution in [3.8, 4) is 11.5 Å². The molecule has 1 aliphatic heterocycles. The molecule has 2 N–H and O–H groups in total. The second kappa shape index (κ2) is 11.6. The van der Waals surface area contributed by atoms with Crippen LogP contribution in [0.4, 0.5) is 5.69 Å². The highest BCUT2D eigenvalue weighted by Crippen LogP contribution is 2.36. The number of hydrogen-bond donors (Lipinski definition) is 2. The van der Waals surface area contributed by atoms with Gasteiger partial charge in [0.05, 0.1) is 0 Å². The fourth-order valence-electron chi connectivity index (χ4n) is 4.42. The van der Waals surface area contributed by atoms with Crippen molar-refractivity contribution in [3.63, 3.8) is 0 Å². The summed E-state index contributed by atoms with van der Waals surface area (Å²) >= 11 is 0. The lowest BCUT2D eigenvalue weighted by Crippen LogP contribution is -2.33. The Kier molecular flexibility index (Phi) is 7.67. The van der Waals surface area contributed by atoms with Crippen molar-refractivity contribution in [2.24, 2.45) is 0 Å². The van der Waals surface area contributed by atoms with E-state index in [1.54, 1.807) is 6.07 Å². The van der Waals surface area contributed by atoms with Gasteiger partial charge in [0, 0.05) is 30.6 Å². The van der Waals surface area contributed by atoms with Gasteiger partial charge in [-0.2, -0.15) is 0 Å². The van der Waals surface area contributed by atoms with Crippen molar-refractivity contribution >= 4 is 17.7 Å². The van der Waals surface area contributed by atoms with Crippen LogP contribution in [0.25, 0.3) is 6.08 Å². The predicted molar refractivity (Wildman–Crippen MR) is 145 cm³/mol. The number of rotatable bonds is 10. The molecule has 0 unspecified atom stereocenters. The maximum absolute atomic E-state index is 12.7. The maximum Gasteiger partial charge on any atom is 0.291 e. The van der Waals surface area contributed by atoms with Gasteiger partial charge in [-0.15, -0.1) is 0 Å². The number of ether oxygens (including phenoxy) is 2. The monoisotopic (exact) mass is 494 g/mol. The molecule has 2 atom stereocenters. The first-order chi connectivity index (χ1) is 18.2. The predicted octanol–water partition coefficient (Wildman–Crippen LogP) is 6.28. The number of hydrogen-bond acceptors (Lipinski definition) is 5. The lowest BCUT2D eigenvalue weighted by molar-refractivity contribution is 0.0994. The molecular weight excluding hydrogens is 464 g/mol. The lowest BCUT2D eigenvalue weighted by Gasteiger charge is -2.25. The van der Waals surface area contributed by atoms with Crippen LogP contribution in [-0.4, -0.2) is 25.3 Å². The number of fused-ring (bicyclic) bond motifs is 1. The van der Waals surface area contributed by atoms with Crippen LogP contribution >= 0.6 is 0 Å². The number of nitrogens with one attached hydrogen (secondary N) is 2. The molecule has 0 fully saturated rings. The molecule has 37 heavy (non-hydrogen) atoms. The third kappa shape index (κ3) is 6.29. The van der Waals surface area contributed by atoms with Gasteiger partial charge in [-0.25, -0.2) is 0 Å². The quantitative estimate of drug-likeness (QED) is 0.272. The highest BCUT2D eigenvalue weighted by Gasteiger charge is 2.24. The van der Waals surface area contributed by atoms with Crippen LogP contribution in [0.2, 0.25) is 0 Å². The van der Waals surface area contributed by atoms with Gasteiger partial charge in [0.15, 0.2) is 17.3 Å². The van der Waals surface area contributed by atoms with E-state index < -0.39 is 0 Å². The number of amides is 1. The molecule has 6 heteroatoms. The van der Waals surface area contributed by atoms with Crippen LogP contribution in [0.5, 0.6) is 11.5 Å². The summed E-state index contributed by atoms with van der Waals surface area (Å²) in [6.45, 7) is 3.12. The molecular formula is C31H30N2O4. The maximum atomic E-state index is 12.7. The van der Waals surface area contributed by atoms with E-state index in [1.165, 1.54) is 5.56 Å². The van der Waals surface area contributed by atoms with Crippen molar-refractivity contribution in [2.45, 2.75) is 25.3 Å². The average molecular weight is 495 g/mol. The number of benzene rings is 3. The summed E-state index contributed by atoms with van der Waals surface area (Å²) in [6.07, 6.45) is 4.86. The molecule has 0 saturated heterocycles. The average Bonchev–Trinajstić information content (AvgIpc) is 3.60. The first-order valence-electron chi connectivity index (χ1n) is 12.5. The Morgan fingerprint density at radius 3 is 2.49 bits per heavy atom. The molecule has 1 aliphatic rings. The van der Waals surface area contributed by atoms with Crippen LogP contribution in [0.15, 0.2) is 101 Å². The van der Waals surface area contributed by atoms with Crippen molar-refractivity contribution in [2.75, 3.05) is 18.7 Å². The minimum atomic E-state index is -0.269. The van der Waals surface area contributed by atoms with Crippen LogP contribution in [-0.2, 0) is 6.42 Å². The third-order valence-corrected chi connectivity index (χ3v) is 6.43. The van der Waals surface area contributed by atoms with Crippen LogP contribution in [0, 0.1) is 0 Å². The number of para-hydroxylation sites is 1. The Labute approximate surface area is 216 Å². The minimum Gasteiger partial charge on any atom is -0.456 e. The molecule has 1 aromatic heterocycles. The highest BCUT2D eigenvalue weighted by molar-refractivity contribution is 6.02. The van der Waals surface area contributed by atoms with Crippen molar-refractivity contribution in [1.29, 1.82) is 0 Å². The Morgan fingerprint density at radius 2 is 1.68 bits per heavy atom. The summed E-state index contributed by atoms with van der Waals surface area (Å²) in [6, 6.07) is 29.4. The van der Waals surface area contributed by atoms with Gasteiger partial charge in [-0.1, -0.05) is 66.7 Å². The van der Waals surface area contributed by atoms with E-state index in [9.17, 15) is 4.79 Å². The number of anilines is 1. The molecule has 0 aliphatic carbocycles. The smallest absolute Gasteiger partial charge is 0.291 e. The van der Waals surface area contributed by atoms with Crippen molar-refractivity contribution in [1.82, 2.24) is 5.32 Å². The van der Waals surface area contributed by atoms with Gasteiger partial charge >= 0.3 is 0 Å². The van der Waals surface area contributed by atoms with Crippen molar-refractivity contribution in [3.05, 3.63) is 120 Å². The van der Waals surface area contributed by atoms with Crippen molar-refractivity contribution < 1.29 is 18.7 Å². The zero-order valence-corrected chi connectivity index (χ0v) is 20.7. The molecule has 0 bridgehead atoms. The van der Waals surface area contributed by atoms with Crippen LogP contribution < -0.4 is 20.1 Å². The molecule has 0 saturated carbocycles. The van der Waals surface area contributed by atoms with E-state index >= 15 is 0 Å². The zero-order chi connectivity index (χ0) is 25.5. The molecule has 5 rings (SSSR count). The molecule has 188 valence electrons. The lowest BCUT2D eigenvalue weighted by atomic mass is 9.88. The normalized spacial score (nSPS) is 14.0. The molecule has 4 aromatic rings. The first-order valence-corrected chi connectivity index (χ1v) is 12.5. The summed E-state index contributed by atoms with van der Waals surface area (Å²) in [4.78, 5) is 12.7. The van der Waals surface area contributed by atoms with E-state index in [0.29, 0.717) is 6.42 Å². The third-order valence-electron chi connectivity index (χ3n) is 6.43. The largest absolute Gasteiger partial charge is 0.456 e. The Bertz CT molecular complexity index is 1350. The molecule has 6 nitrogen and oxygen atoms in total. The van der Waals surface area contributed by atoms with E-state index in [4.69, 9.17) is 13.9 Å². The SMILES string of the molecule is C[C@@H](NC/C=C/c1ccccc1)[C@H](Cc1ccc(C(=O)Nc2ccccc2)o1)c1ccc2c(c1)OCO2. The summed E-state index contributed by atoms with van der Waals surface area (Å²) in [7, 11) is 0. The van der Waals surface area contributed by atoms with Crippen LogP contribution in [0.3, 0.4) is 0 Å². The second-order valence-electron chi connectivity index (χ2n) is 9.02. The van der Waals surface area contributed by atoms with Gasteiger partial charge in [-0.05, 0) is 54.4 Å². The highest BCUT2D eigenvalue weighted by atomic mass is 16.7. The molecule has 1 amide bonds. The summed E-state index contributed by atoms with van der Waals surface area (Å²) in [5.41, 5.74) is 3.01. The topological polar surface area (TPSA) is 72.7 Å². The van der Waals surface area contributed by atoms with Gasteiger partial charge in [0.25, 0.3) is 5.91 Å². The number of carbonyl (C=O) groups excluding carboxylic acids is 1. The Balaban J connectivity index is 1.29. The molecule has 0 spiro atoms. The summed E-state index contributed by atoms with van der Waals surface area (Å²) < 4.78 is 17.1. The number of carbonyl (C=O) groups is 1. The van der Waals surface area contributed by atoms with Gasteiger partial charge < -0.3 is 24.5 Å². The number of furan rings is 1. The van der Waals surface area contributed by atoms with Gasteiger partial charge in [0.1, 0.15) is 5.76 Å². The summed E-state index contributed by atoms with van der Waals surface area (Å²) in [5, 5.41) is 6.49. The fraction of sp³-hybridized carbons (Fsp3) is 0.194. The zero-order valence-electron chi connectivity index (χ0n) is 20.7. The first kappa shape index (κ1) is 24.4. The van der Waals surface area contributed by atoms with E-state index in [0.717, 1.165) is 35.1 Å². The molecule has 0 radical (unpaired) electrons. The van der Waals surface area contributed by atoms with E-state index in [2.05, 4.69) is 47.9 Å². The minimum absolute atomic E-state index is 0.0795. The van der Waals surface area contributed by atoms with E-state index in [1.807, 2.05) is 66.7 Å². The Hall–Kier alpha value is -4.29. The summed E-state index contributed by atoms with van der Waals surface area (Å²) in [5.74, 6) is 2.35. The van der Waals surface area contributed by atoms with Gasteiger partial charge in [0.2, 0.25) is 6.79 Å². The fourth-order valence-corrected chi connectivity index (χ4v) is 4.42. The molecule has 3 aromatic carbocycles. The van der Waals surface area contributed by atoms with E-state index in [-0.39, 0.29) is 30.4 Å². The van der Waals surface area contributed by atoms with Gasteiger partial charge in [-0.3, -0.25) is 4.79 Å². The second-order valence-corrected chi connectivity index (χ2v) is 9.02. The molecule has 2 heterocycles.